The number of nitriles is 1. The smallest absolute Gasteiger partial charge is 0.272 e. The van der Waals surface area contributed by atoms with E-state index in [1.54, 1.807) is 20.8 Å². The zero-order chi connectivity index (χ0) is 31.3. The van der Waals surface area contributed by atoms with Crippen LogP contribution in [0.3, 0.4) is 0 Å². The summed E-state index contributed by atoms with van der Waals surface area (Å²) < 4.78 is 71.4. The topological polar surface area (TPSA) is 165 Å². The van der Waals surface area contributed by atoms with Gasteiger partial charge in [0, 0.05) is 34.8 Å². The highest BCUT2D eigenvalue weighted by molar-refractivity contribution is 7.89. The summed E-state index contributed by atoms with van der Waals surface area (Å²) in [5, 5.41) is 15.3. The highest BCUT2D eigenvalue weighted by Gasteiger charge is 2.36. The van der Waals surface area contributed by atoms with E-state index in [2.05, 4.69) is 19.8 Å². The number of alkyl halides is 3. The molecule has 0 fully saturated rings. The van der Waals surface area contributed by atoms with Crippen molar-refractivity contribution in [1.29, 1.82) is 5.26 Å². The second-order valence-electron chi connectivity index (χ2n) is 10.4. The predicted octanol–water partition coefficient (Wildman–Crippen LogP) is 4.14. The first-order valence-corrected chi connectivity index (χ1v) is 13.9. The molecule has 8 rings (SSSR count). The Morgan fingerprint density at radius 1 is 1.00 bits per heavy atom. The minimum Gasteiger partial charge on any atom is -0.272 e. The quantitative estimate of drug-likeness (QED) is 0.307. The minimum atomic E-state index is -4.93. The number of nitrogens with one attached hydrogen (secondary N) is 2. The Hall–Kier alpha value is -5.14. The van der Waals surface area contributed by atoms with Crippen molar-refractivity contribution in [1.82, 2.24) is 34.4 Å². The highest BCUT2D eigenvalue weighted by atomic mass is 32.2. The van der Waals surface area contributed by atoms with E-state index in [1.807, 2.05) is 11.4 Å². The molecule has 4 bridgehead atoms. The van der Waals surface area contributed by atoms with Crippen LogP contribution in [0.15, 0.2) is 65.8 Å². The van der Waals surface area contributed by atoms with E-state index >= 15 is 0 Å². The number of carbonyl (C=O) groups excluding carboxylic acids is 2. The molecule has 8 aromatic rings. The number of rotatable bonds is 4. The first-order chi connectivity index (χ1) is 20.1. The first-order valence-electron chi connectivity index (χ1n) is 12.4. The number of nitrogens with zero attached hydrogens (tertiary/aromatic N) is 6. The van der Waals surface area contributed by atoms with Crippen LogP contribution < -0.4 is 10.0 Å². The maximum absolute atomic E-state index is 13.6. The standard InChI is InChI=1S/C27H21F3N8O4S/c1-26(2,3)36-43(41,42)21-10-17-7-8-19(21)16-13-32-24(33-14-16)37(17)25(40)34-23(39)20-11-22(27(28,29)30)35-38(20)18-6-4-5-15(9-18)12-31/h4-11,13-14,36H,1-3H3,(H,34,39,40). The summed E-state index contributed by atoms with van der Waals surface area (Å²) in [5.41, 5.74) is -2.90. The number of carbonyl (C=O) groups is 2. The summed E-state index contributed by atoms with van der Waals surface area (Å²) >= 11 is 0. The zero-order valence-electron chi connectivity index (χ0n) is 22.6. The van der Waals surface area contributed by atoms with Gasteiger partial charge in [-0.2, -0.15) is 23.5 Å². The van der Waals surface area contributed by atoms with Crippen molar-refractivity contribution in [3.05, 3.63) is 77.9 Å². The van der Waals surface area contributed by atoms with E-state index in [0.717, 1.165) is 4.57 Å². The molecule has 0 aliphatic carbocycles. The lowest BCUT2D eigenvalue weighted by atomic mass is 10.1. The summed E-state index contributed by atoms with van der Waals surface area (Å²) in [5.74, 6) is -1.51. The van der Waals surface area contributed by atoms with Gasteiger partial charge in [-0.3, -0.25) is 10.1 Å². The monoisotopic (exact) mass is 610 g/mol. The van der Waals surface area contributed by atoms with Crippen LogP contribution in [-0.4, -0.2) is 50.2 Å². The van der Waals surface area contributed by atoms with E-state index in [0.29, 0.717) is 16.1 Å². The molecule has 6 heterocycles. The van der Waals surface area contributed by atoms with Crippen LogP contribution in [0.5, 0.6) is 0 Å². The number of amides is 2. The fourth-order valence-electron chi connectivity index (χ4n) is 4.27. The van der Waals surface area contributed by atoms with E-state index in [9.17, 15) is 36.4 Å². The van der Waals surface area contributed by atoms with Gasteiger partial charge in [0.05, 0.1) is 27.7 Å². The van der Waals surface area contributed by atoms with Gasteiger partial charge in [0.25, 0.3) is 5.91 Å². The Balaban J connectivity index is 1.62. The van der Waals surface area contributed by atoms with E-state index in [1.165, 1.54) is 54.9 Å². The molecule has 0 aliphatic heterocycles. The molecule has 0 saturated carbocycles. The molecule has 0 radical (unpaired) electrons. The Morgan fingerprint density at radius 2 is 1.70 bits per heavy atom. The van der Waals surface area contributed by atoms with Crippen molar-refractivity contribution < 1.29 is 31.2 Å². The average Bonchev–Trinajstić information content (AvgIpc) is 3.45. The van der Waals surface area contributed by atoms with Crippen molar-refractivity contribution in [2.24, 2.45) is 0 Å². The van der Waals surface area contributed by atoms with Crippen LogP contribution in [0.4, 0.5) is 18.0 Å². The summed E-state index contributed by atoms with van der Waals surface area (Å²) in [6.45, 7) is 4.96. The van der Waals surface area contributed by atoms with Gasteiger partial charge in [-0.05, 0) is 51.1 Å². The molecule has 6 aromatic heterocycles. The lowest BCUT2D eigenvalue weighted by Gasteiger charge is -2.21. The number of imide groups is 1. The van der Waals surface area contributed by atoms with Gasteiger partial charge >= 0.3 is 12.2 Å². The maximum Gasteiger partial charge on any atom is 0.435 e. The fourth-order valence-corrected chi connectivity index (χ4v) is 5.94. The second-order valence-corrected chi connectivity index (χ2v) is 12.0. The van der Waals surface area contributed by atoms with Gasteiger partial charge < -0.3 is 0 Å². The molecular formula is C27H21F3N8O4S. The fraction of sp³-hybridized carbons (Fsp3) is 0.185. The summed E-state index contributed by atoms with van der Waals surface area (Å²) in [7, 11) is -4.14. The zero-order valence-corrected chi connectivity index (χ0v) is 23.4. The van der Waals surface area contributed by atoms with E-state index in [4.69, 9.17) is 0 Å². The first kappa shape index (κ1) is 29.4. The third-order valence-electron chi connectivity index (χ3n) is 5.98. The summed E-state index contributed by atoms with van der Waals surface area (Å²) in [6, 6.07) is 10.5. The average molecular weight is 611 g/mol. The number of aromatic nitrogens is 5. The van der Waals surface area contributed by atoms with Crippen LogP contribution in [-0.2, 0) is 16.2 Å². The SMILES string of the molecule is CC(C)(C)NS(=O)(=O)c1cc2ccc1c1cnc(nc1)n2C(=O)NC(=O)c1cc(C(F)(F)F)nn1-c1cccc(C#N)c1. The third kappa shape index (κ3) is 5.80. The predicted molar refractivity (Wildman–Crippen MR) is 147 cm³/mol. The molecule has 0 aliphatic rings. The maximum atomic E-state index is 13.6. The summed E-state index contributed by atoms with van der Waals surface area (Å²) in [4.78, 5) is 34.9. The van der Waals surface area contributed by atoms with Crippen molar-refractivity contribution in [3.63, 3.8) is 0 Å². The van der Waals surface area contributed by atoms with Crippen molar-refractivity contribution in [2.45, 2.75) is 37.4 Å². The van der Waals surface area contributed by atoms with Crippen LogP contribution in [0.2, 0.25) is 0 Å². The third-order valence-corrected chi connectivity index (χ3v) is 7.78. The lowest BCUT2D eigenvalue weighted by molar-refractivity contribution is -0.141. The number of sulfonamides is 1. The van der Waals surface area contributed by atoms with Gasteiger partial charge in [0.2, 0.25) is 15.8 Å². The van der Waals surface area contributed by atoms with Crippen LogP contribution in [0, 0.1) is 11.3 Å². The molecule has 2 aromatic carbocycles. The van der Waals surface area contributed by atoms with Crippen molar-refractivity contribution in [3.8, 4) is 11.8 Å². The minimum absolute atomic E-state index is 0.0365. The molecule has 220 valence electrons. The van der Waals surface area contributed by atoms with Crippen LogP contribution in [0.1, 0.15) is 42.5 Å². The highest BCUT2D eigenvalue weighted by Crippen LogP contribution is 2.30. The number of halogens is 3. The van der Waals surface area contributed by atoms with Gasteiger partial charge in [0.1, 0.15) is 5.69 Å². The molecular weight excluding hydrogens is 589 g/mol. The lowest BCUT2D eigenvalue weighted by Crippen LogP contribution is -2.40. The molecule has 0 unspecified atom stereocenters. The molecule has 2 N–H and O–H groups in total. The second kappa shape index (κ2) is 10.3. The van der Waals surface area contributed by atoms with Gasteiger partial charge in [-0.1, -0.05) is 12.1 Å². The molecule has 2 amide bonds. The molecule has 0 spiro atoms. The Labute approximate surface area is 241 Å². The van der Waals surface area contributed by atoms with E-state index in [-0.39, 0.29) is 32.8 Å². The Morgan fingerprint density at radius 3 is 2.33 bits per heavy atom. The van der Waals surface area contributed by atoms with Crippen LogP contribution in [0.25, 0.3) is 27.8 Å². The van der Waals surface area contributed by atoms with Gasteiger partial charge in [-0.25, -0.2) is 37.2 Å². The molecule has 0 atom stereocenters. The van der Waals surface area contributed by atoms with Crippen molar-refractivity contribution >= 4 is 44.0 Å². The molecule has 12 nitrogen and oxygen atoms in total. The Kier molecular flexibility index (Phi) is 7.03. The van der Waals surface area contributed by atoms with Crippen molar-refractivity contribution in [2.75, 3.05) is 0 Å². The van der Waals surface area contributed by atoms with Gasteiger partial charge in [-0.15, -0.1) is 0 Å². The number of hydrogen-bond donors (Lipinski definition) is 2. The van der Waals surface area contributed by atoms with Crippen LogP contribution >= 0.6 is 0 Å². The van der Waals surface area contributed by atoms with E-state index < -0.39 is 45.1 Å². The normalized spacial score (nSPS) is 12.4. The number of hydrogen-bond acceptors (Lipinski definition) is 8. The molecule has 16 heteroatoms. The number of benzene rings is 2. The summed E-state index contributed by atoms with van der Waals surface area (Å²) in [6.07, 6.45) is -2.34. The van der Waals surface area contributed by atoms with Gasteiger partial charge in [0.15, 0.2) is 5.69 Å². The largest absolute Gasteiger partial charge is 0.435 e. The Bertz CT molecular complexity index is 2070. The molecule has 43 heavy (non-hydrogen) atoms. The molecule has 0 saturated heterocycles.